The van der Waals surface area contributed by atoms with Gasteiger partial charge in [-0.2, -0.15) is 5.10 Å². The molecular weight excluding hydrogens is 238 g/mol. The Morgan fingerprint density at radius 1 is 1.42 bits per heavy atom. The predicted molar refractivity (Wildman–Crippen MR) is 76.5 cm³/mol. The molecule has 0 bridgehead atoms. The van der Waals surface area contributed by atoms with Gasteiger partial charge >= 0.3 is 0 Å². The summed E-state index contributed by atoms with van der Waals surface area (Å²) >= 11 is 0. The summed E-state index contributed by atoms with van der Waals surface area (Å²) in [5.41, 5.74) is 1.06. The molecule has 2 aromatic rings. The molecule has 4 nitrogen and oxygen atoms in total. The van der Waals surface area contributed by atoms with Crippen molar-refractivity contribution >= 4 is 10.9 Å². The summed E-state index contributed by atoms with van der Waals surface area (Å²) in [5.74, 6) is 0.949. The van der Waals surface area contributed by atoms with E-state index >= 15 is 0 Å². The lowest BCUT2D eigenvalue weighted by Gasteiger charge is -2.35. The highest BCUT2D eigenvalue weighted by Crippen LogP contribution is 2.23. The summed E-state index contributed by atoms with van der Waals surface area (Å²) in [4.78, 5) is 2.49. The van der Waals surface area contributed by atoms with Crippen LogP contribution in [0.25, 0.3) is 10.9 Å². The van der Waals surface area contributed by atoms with Gasteiger partial charge in [0.05, 0.1) is 11.7 Å². The Balaban J connectivity index is 1.69. The van der Waals surface area contributed by atoms with E-state index in [4.69, 9.17) is 4.74 Å². The average Bonchev–Trinajstić information content (AvgIpc) is 2.86. The number of piperidine rings is 1. The maximum Gasteiger partial charge on any atom is 0.120 e. The van der Waals surface area contributed by atoms with Crippen molar-refractivity contribution in [2.24, 2.45) is 0 Å². The molecular formula is C15H21N3O. The van der Waals surface area contributed by atoms with Gasteiger partial charge in [-0.15, -0.1) is 0 Å². The largest absolute Gasteiger partial charge is 0.489 e. The van der Waals surface area contributed by atoms with Crippen molar-refractivity contribution in [2.45, 2.75) is 38.8 Å². The first kappa shape index (κ1) is 12.5. The van der Waals surface area contributed by atoms with E-state index in [1.54, 1.807) is 0 Å². The van der Waals surface area contributed by atoms with Crippen LogP contribution in [-0.2, 0) is 0 Å². The predicted octanol–water partition coefficient (Wildman–Crippen LogP) is 2.81. The van der Waals surface area contributed by atoms with Gasteiger partial charge < -0.3 is 4.74 Å². The minimum atomic E-state index is 0.306. The molecule has 0 radical (unpaired) electrons. The maximum absolute atomic E-state index is 6.13. The summed E-state index contributed by atoms with van der Waals surface area (Å²) < 4.78 is 6.13. The number of likely N-dealkylation sites (tertiary alicyclic amines) is 1. The minimum absolute atomic E-state index is 0.306. The standard InChI is InChI=1S/C15H21N3O/c1-11(2)18-7-3-4-14(10-18)19-13-5-6-15-12(8-13)9-16-17-15/h5-6,8-9,11,14H,3-4,7,10H2,1-2H3,(H,16,17). The lowest BCUT2D eigenvalue weighted by Crippen LogP contribution is -2.44. The van der Waals surface area contributed by atoms with Crippen LogP contribution in [0, 0.1) is 0 Å². The molecule has 3 rings (SSSR count). The van der Waals surface area contributed by atoms with Gasteiger partial charge in [0.1, 0.15) is 11.9 Å². The third-order valence-corrected chi connectivity index (χ3v) is 3.85. The van der Waals surface area contributed by atoms with Crippen molar-refractivity contribution in [3.8, 4) is 5.75 Å². The lowest BCUT2D eigenvalue weighted by atomic mass is 10.1. The van der Waals surface area contributed by atoms with Crippen molar-refractivity contribution in [1.29, 1.82) is 0 Å². The van der Waals surface area contributed by atoms with Gasteiger partial charge in [-0.05, 0) is 51.4 Å². The van der Waals surface area contributed by atoms with Crippen LogP contribution in [0.4, 0.5) is 0 Å². The average molecular weight is 259 g/mol. The van der Waals surface area contributed by atoms with Crippen LogP contribution in [0.3, 0.4) is 0 Å². The molecule has 1 unspecified atom stereocenters. The summed E-state index contributed by atoms with van der Waals surface area (Å²) in [5, 5.41) is 8.10. The van der Waals surface area contributed by atoms with Gasteiger partial charge in [0, 0.05) is 18.0 Å². The van der Waals surface area contributed by atoms with E-state index in [0.29, 0.717) is 12.1 Å². The van der Waals surface area contributed by atoms with Crippen molar-refractivity contribution in [1.82, 2.24) is 15.1 Å². The number of aromatic amines is 1. The number of nitrogens with zero attached hydrogens (tertiary/aromatic N) is 2. The Bertz CT molecular complexity index is 549. The molecule has 102 valence electrons. The van der Waals surface area contributed by atoms with E-state index in [2.05, 4.69) is 35.0 Å². The highest BCUT2D eigenvalue weighted by molar-refractivity contribution is 5.79. The summed E-state index contributed by atoms with van der Waals surface area (Å²) in [6.07, 6.45) is 4.51. The fourth-order valence-corrected chi connectivity index (χ4v) is 2.72. The number of nitrogens with one attached hydrogen (secondary N) is 1. The Kier molecular flexibility index (Phi) is 3.42. The van der Waals surface area contributed by atoms with Crippen molar-refractivity contribution < 1.29 is 4.74 Å². The quantitative estimate of drug-likeness (QED) is 0.921. The molecule has 1 aromatic heterocycles. The Labute approximate surface area is 113 Å². The Morgan fingerprint density at radius 2 is 2.32 bits per heavy atom. The molecule has 19 heavy (non-hydrogen) atoms. The van der Waals surface area contributed by atoms with E-state index in [-0.39, 0.29) is 0 Å². The van der Waals surface area contributed by atoms with E-state index < -0.39 is 0 Å². The van der Waals surface area contributed by atoms with Gasteiger partial charge in [-0.25, -0.2) is 0 Å². The van der Waals surface area contributed by atoms with Gasteiger partial charge in [-0.1, -0.05) is 0 Å². The van der Waals surface area contributed by atoms with Gasteiger partial charge in [0.2, 0.25) is 0 Å². The number of hydrogen-bond donors (Lipinski definition) is 1. The second kappa shape index (κ2) is 5.21. The zero-order valence-electron chi connectivity index (χ0n) is 11.6. The monoisotopic (exact) mass is 259 g/mol. The molecule has 1 aromatic carbocycles. The highest BCUT2D eigenvalue weighted by Gasteiger charge is 2.22. The van der Waals surface area contributed by atoms with Crippen LogP contribution in [0.2, 0.25) is 0 Å². The molecule has 1 fully saturated rings. The zero-order valence-corrected chi connectivity index (χ0v) is 11.6. The lowest BCUT2D eigenvalue weighted by molar-refractivity contribution is 0.0707. The van der Waals surface area contributed by atoms with Crippen LogP contribution in [0.15, 0.2) is 24.4 Å². The van der Waals surface area contributed by atoms with E-state index in [1.165, 1.54) is 13.0 Å². The highest BCUT2D eigenvalue weighted by atomic mass is 16.5. The van der Waals surface area contributed by atoms with Gasteiger partial charge in [-0.3, -0.25) is 10.00 Å². The molecule has 2 heterocycles. The van der Waals surface area contributed by atoms with Crippen LogP contribution < -0.4 is 4.74 Å². The van der Waals surface area contributed by atoms with Crippen LogP contribution in [-0.4, -0.2) is 40.3 Å². The second-order valence-corrected chi connectivity index (χ2v) is 5.59. The molecule has 4 heteroatoms. The SMILES string of the molecule is CC(C)N1CCCC(Oc2ccc3[nH]ncc3c2)C1. The second-order valence-electron chi connectivity index (χ2n) is 5.59. The normalized spacial score (nSPS) is 21.1. The molecule has 0 saturated carbocycles. The van der Waals surface area contributed by atoms with Crippen molar-refractivity contribution in [3.63, 3.8) is 0 Å². The molecule has 0 aliphatic carbocycles. The fraction of sp³-hybridized carbons (Fsp3) is 0.533. The third-order valence-electron chi connectivity index (χ3n) is 3.85. The molecule has 1 N–H and O–H groups in total. The minimum Gasteiger partial charge on any atom is -0.489 e. The van der Waals surface area contributed by atoms with E-state index in [1.807, 2.05) is 18.3 Å². The number of fused-ring (bicyclic) bond motifs is 1. The third kappa shape index (κ3) is 2.73. The molecule has 0 spiro atoms. The molecule has 1 saturated heterocycles. The van der Waals surface area contributed by atoms with E-state index in [9.17, 15) is 0 Å². The molecule has 1 atom stereocenters. The first-order valence-corrected chi connectivity index (χ1v) is 7.06. The first-order chi connectivity index (χ1) is 9.22. The number of ether oxygens (including phenoxy) is 1. The smallest absolute Gasteiger partial charge is 0.120 e. The zero-order chi connectivity index (χ0) is 13.2. The van der Waals surface area contributed by atoms with Crippen LogP contribution in [0.1, 0.15) is 26.7 Å². The fourth-order valence-electron chi connectivity index (χ4n) is 2.72. The summed E-state index contributed by atoms with van der Waals surface area (Å²) in [7, 11) is 0. The van der Waals surface area contributed by atoms with Gasteiger partial charge in [0.25, 0.3) is 0 Å². The molecule has 0 amide bonds. The topological polar surface area (TPSA) is 41.1 Å². The van der Waals surface area contributed by atoms with Crippen LogP contribution >= 0.6 is 0 Å². The van der Waals surface area contributed by atoms with Crippen molar-refractivity contribution in [2.75, 3.05) is 13.1 Å². The maximum atomic E-state index is 6.13. The van der Waals surface area contributed by atoms with Crippen LogP contribution in [0.5, 0.6) is 5.75 Å². The van der Waals surface area contributed by atoms with E-state index in [0.717, 1.165) is 29.6 Å². The Hall–Kier alpha value is -1.55. The van der Waals surface area contributed by atoms with Gasteiger partial charge in [0.15, 0.2) is 0 Å². The number of hydrogen-bond acceptors (Lipinski definition) is 3. The molecule has 1 aliphatic rings. The number of rotatable bonds is 3. The summed E-state index contributed by atoms with van der Waals surface area (Å²) in [6, 6.07) is 6.71. The first-order valence-electron chi connectivity index (χ1n) is 7.06. The molecule has 1 aliphatic heterocycles. The van der Waals surface area contributed by atoms with Crippen molar-refractivity contribution in [3.05, 3.63) is 24.4 Å². The Morgan fingerprint density at radius 3 is 3.16 bits per heavy atom. The number of aromatic nitrogens is 2. The number of benzene rings is 1. The number of H-pyrrole nitrogens is 1. The summed E-state index contributed by atoms with van der Waals surface area (Å²) in [6.45, 7) is 6.72.